The first-order valence-corrected chi connectivity index (χ1v) is 5.03. The monoisotopic (exact) mass is 207 g/mol. The molecule has 0 heterocycles. The normalized spacial score (nSPS) is 15.4. The van der Waals surface area contributed by atoms with Gasteiger partial charge in [-0.1, -0.05) is 36.5 Å². The molecular weight excluding hydrogens is 192 g/mol. The van der Waals surface area contributed by atoms with Crippen molar-refractivity contribution in [3.63, 3.8) is 0 Å². The Morgan fingerprint density at radius 3 is 2.79 bits per heavy atom. The smallest absolute Gasteiger partial charge is 0.270 e. The molecule has 0 saturated heterocycles. The number of quaternary nitrogens is 1. The Morgan fingerprint density at radius 1 is 1.29 bits per heavy atom. The van der Waals surface area contributed by atoms with Crippen LogP contribution in [0.1, 0.15) is 6.42 Å². The SMILES string of the molecule is C[NH2+]C(=S)NC1=CC=CC=CC=CC1. The van der Waals surface area contributed by atoms with E-state index in [1.165, 1.54) is 0 Å². The first-order chi connectivity index (χ1) is 6.83. The molecule has 3 N–H and O–H groups in total. The van der Waals surface area contributed by atoms with E-state index in [-0.39, 0.29) is 0 Å². The largest absolute Gasteiger partial charge is 0.305 e. The zero-order chi connectivity index (χ0) is 10.2. The molecule has 0 spiro atoms. The van der Waals surface area contributed by atoms with Crippen LogP contribution in [0, 0.1) is 0 Å². The average Bonchev–Trinajstić information content (AvgIpc) is 2.31. The van der Waals surface area contributed by atoms with E-state index in [9.17, 15) is 0 Å². The van der Waals surface area contributed by atoms with Gasteiger partial charge in [-0.15, -0.1) is 0 Å². The molecule has 0 aromatic rings. The van der Waals surface area contributed by atoms with Crippen LogP contribution in [0.15, 0.2) is 48.2 Å². The van der Waals surface area contributed by atoms with Gasteiger partial charge < -0.3 is 5.32 Å². The van der Waals surface area contributed by atoms with Crippen LogP contribution >= 0.6 is 12.2 Å². The molecule has 0 aliphatic heterocycles. The zero-order valence-corrected chi connectivity index (χ0v) is 9.05. The van der Waals surface area contributed by atoms with E-state index >= 15 is 0 Å². The van der Waals surface area contributed by atoms with Crippen LogP contribution in [-0.2, 0) is 0 Å². The van der Waals surface area contributed by atoms with Gasteiger partial charge in [-0.2, -0.15) is 0 Å². The minimum absolute atomic E-state index is 0.769. The van der Waals surface area contributed by atoms with E-state index in [1.807, 2.05) is 48.8 Å². The predicted octanol–water partition coefficient (Wildman–Crippen LogP) is 1.01. The molecule has 0 unspecified atom stereocenters. The van der Waals surface area contributed by atoms with Gasteiger partial charge in [-0.05, 0) is 6.08 Å². The van der Waals surface area contributed by atoms with Crippen molar-refractivity contribution in [2.24, 2.45) is 0 Å². The number of hydrogen-bond acceptors (Lipinski definition) is 1. The van der Waals surface area contributed by atoms with E-state index in [1.54, 1.807) is 0 Å². The van der Waals surface area contributed by atoms with Crippen LogP contribution in [0.3, 0.4) is 0 Å². The van der Waals surface area contributed by atoms with Gasteiger partial charge in [0.1, 0.15) is 0 Å². The Labute approximate surface area is 90.1 Å². The van der Waals surface area contributed by atoms with Gasteiger partial charge in [0.05, 0.1) is 7.05 Å². The number of nitrogens with one attached hydrogen (secondary N) is 1. The van der Waals surface area contributed by atoms with Gasteiger partial charge >= 0.3 is 0 Å². The van der Waals surface area contributed by atoms with Crippen LogP contribution in [0.2, 0.25) is 0 Å². The second-order valence-electron chi connectivity index (χ2n) is 2.87. The Balaban J connectivity index is 2.63. The Morgan fingerprint density at radius 2 is 2.00 bits per heavy atom. The van der Waals surface area contributed by atoms with Crippen molar-refractivity contribution in [2.45, 2.75) is 6.42 Å². The van der Waals surface area contributed by atoms with Crippen molar-refractivity contribution in [3.05, 3.63) is 48.2 Å². The standard InChI is InChI=1S/C11H14N2S/c1-12-11(14)13-10-8-6-4-2-3-5-7-9-10/h2-8H,9H2,1H3,(H2,12,13,14)/p+1. The second kappa shape index (κ2) is 6.29. The van der Waals surface area contributed by atoms with Crippen molar-refractivity contribution in [3.8, 4) is 0 Å². The summed E-state index contributed by atoms with van der Waals surface area (Å²) in [6.07, 6.45) is 15.1. The molecule has 14 heavy (non-hydrogen) atoms. The quantitative estimate of drug-likeness (QED) is 0.628. The van der Waals surface area contributed by atoms with Crippen molar-refractivity contribution >= 4 is 17.3 Å². The van der Waals surface area contributed by atoms with E-state index in [0.29, 0.717) is 0 Å². The van der Waals surface area contributed by atoms with Gasteiger partial charge in [0, 0.05) is 24.3 Å². The summed E-state index contributed by atoms with van der Waals surface area (Å²) < 4.78 is 0. The number of nitrogens with two attached hydrogens (primary N) is 1. The maximum absolute atomic E-state index is 5.08. The van der Waals surface area contributed by atoms with Gasteiger partial charge in [-0.25, -0.2) is 0 Å². The summed E-state index contributed by atoms with van der Waals surface area (Å²) in [7, 11) is 1.93. The summed E-state index contributed by atoms with van der Waals surface area (Å²) in [4.78, 5) is 0. The molecular formula is C11H15N2S+. The molecule has 0 radical (unpaired) electrons. The van der Waals surface area contributed by atoms with Crippen LogP contribution in [-0.4, -0.2) is 12.2 Å². The molecule has 2 nitrogen and oxygen atoms in total. The Hall–Kier alpha value is -1.19. The molecule has 1 aliphatic carbocycles. The molecule has 0 atom stereocenters. The Bertz CT molecular complexity index is 311. The lowest BCUT2D eigenvalue weighted by molar-refractivity contribution is -0.505. The number of allylic oxidation sites excluding steroid dienone is 7. The molecule has 1 rings (SSSR count). The molecule has 74 valence electrons. The van der Waals surface area contributed by atoms with Gasteiger partial charge in [0.15, 0.2) is 0 Å². The molecule has 0 saturated carbocycles. The summed E-state index contributed by atoms with van der Waals surface area (Å²) in [6, 6.07) is 0. The second-order valence-corrected chi connectivity index (χ2v) is 3.31. The molecule has 3 heteroatoms. The molecule has 0 fully saturated rings. The lowest BCUT2D eigenvalue weighted by atomic mass is 10.2. The number of hydrogen-bond donors (Lipinski definition) is 2. The minimum Gasteiger partial charge on any atom is -0.305 e. The highest BCUT2D eigenvalue weighted by molar-refractivity contribution is 7.79. The highest BCUT2D eigenvalue weighted by Crippen LogP contribution is 2.01. The lowest BCUT2D eigenvalue weighted by Crippen LogP contribution is -2.86. The van der Waals surface area contributed by atoms with E-state index in [2.05, 4.69) is 11.4 Å². The minimum atomic E-state index is 0.769. The first kappa shape index (κ1) is 10.9. The van der Waals surface area contributed by atoms with Gasteiger partial charge in [-0.3, -0.25) is 5.32 Å². The third-order valence-corrected chi connectivity index (χ3v) is 2.10. The highest BCUT2D eigenvalue weighted by atomic mass is 32.1. The maximum atomic E-state index is 5.08. The molecule has 0 aromatic heterocycles. The van der Waals surface area contributed by atoms with Crippen LogP contribution < -0.4 is 10.6 Å². The number of rotatable bonds is 1. The van der Waals surface area contributed by atoms with Gasteiger partial charge in [0.25, 0.3) is 5.11 Å². The van der Waals surface area contributed by atoms with Crippen LogP contribution in [0.5, 0.6) is 0 Å². The van der Waals surface area contributed by atoms with E-state index in [0.717, 1.165) is 17.2 Å². The molecule has 0 bridgehead atoms. The fourth-order valence-electron chi connectivity index (χ4n) is 1.03. The molecule has 0 aromatic carbocycles. The van der Waals surface area contributed by atoms with Crippen LogP contribution in [0.4, 0.5) is 0 Å². The summed E-state index contributed by atoms with van der Waals surface area (Å²) in [5, 5.41) is 5.82. The summed E-state index contributed by atoms with van der Waals surface area (Å²) in [5.74, 6) is 0. The van der Waals surface area contributed by atoms with Gasteiger partial charge in [0.2, 0.25) is 0 Å². The summed E-state index contributed by atoms with van der Waals surface area (Å²) in [6.45, 7) is 0. The molecule has 1 aliphatic rings. The fourth-order valence-corrected chi connectivity index (χ4v) is 1.16. The Kier molecular flexibility index (Phi) is 4.89. The fraction of sp³-hybridized carbons (Fsp3) is 0.182. The lowest BCUT2D eigenvalue weighted by Gasteiger charge is -2.05. The third-order valence-electron chi connectivity index (χ3n) is 1.76. The van der Waals surface area contributed by atoms with E-state index < -0.39 is 0 Å². The average molecular weight is 207 g/mol. The topological polar surface area (TPSA) is 28.6 Å². The number of thiocarbonyl (C=S) groups is 1. The third kappa shape index (κ3) is 4.16. The van der Waals surface area contributed by atoms with Crippen molar-refractivity contribution in [1.82, 2.24) is 5.32 Å². The zero-order valence-electron chi connectivity index (χ0n) is 8.23. The maximum Gasteiger partial charge on any atom is 0.270 e. The predicted molar refractivity (Wildman–Crippen MR) is 63.7 cm³/mol. The summed E-state index contributed by atoms with van der Waals surface area (Å²) >= 11 is 5.08. The highest BCUT2D eigenvalue weighted by Gasteiger charge is 1.98. The van der Waals surface area contributed by atoms with Crippen LogP contribution in [0.25, 0.3) is 0 Å². The van der Waals surface area contributed by atoms with E-state index in [4.69, 9.17) is 12.2 Å². The van der Waals surface area contributed by atoms with Crippen molar-refractivity contribution < 1.29 is 5.32 Å². The first-order valence-electron chi connectivity index (χ1n) is 4.62. The molecule has 0 amide bonds. The van der Waals surface area contributed by atoms with Crippen molar-refractivity contribution in [1.29, 1.82) is 0 Å². The summed E-state index contributed by atoms with van der Waals surface area (Å²) in [5.41, 5.74) is 1.12. The van der Waals surface area contributed by atoms with Crippen molar-refractivity contribution in [2.75, 3.05) is 7.05 Å².